The van der Waals surface area contributed by atoms with Crippen LogP contribution in [-0.2, 0) is 0 Å². The van der Waals surface area contributed by atoms with Crippen LogP contribution in [0.2, 0.25) is 0 Å². The summed E-state index contributed by atoms with van der Waals surface area (Å²) in [5.41, 5.74) is 12.9. The second kappa shape index (κ2) is 10.2. The number of nitriles is 2. The molecular formula is C50H24BN5S. The zero-order valence-electron chi connectivity index (χ0n) is 30.1. The maximum absolute atomic E-state index is 11.8. The molecular weight excluding hydrogens is 713 g/mol. The van der Waals surface area contributed by atoms with Gasteiger partial charge in [-0.15, -0.1) is 11.3 Å². The molecule has 57 heavy (non-hydrogen) atoms. The molecule has 0 saturated carbocycles. The minimum atomic E-state index is -0.195. The standard InChI is InChI=1S/C50H24BN5S/c52-25-35-46(54-39-19-5-3-13-29(39)33-24-44-34(23-42(33)54)30-14-4-8-22-43(30)57-44)36(26-53)50-45-49(35)55-40-20-6-1-11-27(40)31-15-9-17-37(47(31)55)51(45)38-18-10-16-32-28-12-2-7-21-41(28)56(50)48(32)38/h1-24H. The molecule has 0 spiro atoms. The molecule has 0 radical (unpaired) electrons. The Balaban J connectivity index is 1.28. The lowest BCUT2D eigenvalue weighted by molar-refractivity contribution is 1.08. The van der Waals surface area contributed by atoms with Crippen molar-refractivity contribution in [2.45, 2.75) is 0 Å². The molecule has 0 aliphatic carbocycles. The molecule has 6 heterocycles. The van der Waals surface area contributed by atoms with Crippen LogP contribution in [-0.4, -0.2) is 20.4 Å². The highest BCUT2D eigenvalue weighted by atomic mass is 32.1. The zero-order valence-corrected chi connectivity index (χ0v) is 30.9. The average Bonchev–Trinajstić information content (AvgIpc) is 3.99. The Morgan fingerprint density at radius 1 is 0.404 bits per heavy atom. The molecule has 8 aromatic carbocycles. The van der Waals surface area contributed by atoms with Gasteiger partial charge in [0.1, 0.15) is 23.3 Å². The number of thiophene rings is 1. The predicted molar refractivity (Wildman–Crippen MR) is 236 cm³/mol. The molecule has 0 amide bonds. The minimum Gasteiger partial charge on any atom is -0.309 e. The maximum atomic E-state index is 11.8. The highest BCUT2D eigenvalue weighted by molar-refractivity contribution is 7.25. The molecule has 0 unspecified atom stereocenters. The van der Waals surface area contributed by atoms with Crippen LogP contribution in [0.25, 0.3) is 103 Å². The van der Waals surface area contributed by atoms with Crippen molar-refractivity contribution in [3.63, 3.8) is 0 Å². The first kappa shape index (κ1) is 29.7. The number of benzene rings is 8. The quantitative estimate of drug-likeness (QED) is 0.158. The van der Waals surface area contributed by atoms with Crippen LogP contribution in [0.15, 0.2) is 146 Å². The van der Waals surface area contributed by atoms with Gasteiger partial charge in [0.05, 0.1) is 39.1 Å². The highest BCUT2D eigenvalue weighted by Gasteiger charge is 2.44. The monoisotopic (exact) mass is 737 g/mol. The number of hydrogen-bond acceptors (Lipinski definition) is 3. The van der Waals surface area contributed by atoms with Crippen molar-refractivity contribution >= 4 is 120 Å². The number of fused-ring (bicyclic) bond motifs is 16. The van der Waals surface area contributed by atoms with Gasteiger partial charge in [-0.3, -0.25) is 0 Å². The molecule has 2 aliphatic rings. The van der Waals surface area contributed by atoms with Gasteiger partial charge in [0.25, 0.3) is 6.71 Å². The number of para-hydroxylation sites is 5. The molecule has 0 fully saturated rings. The van der Waals surface area contributed by atoms with Crippen LogP contribution in [0.3, 0.4) is 0 Å². The van der Waals surface area contributed by atoms with E-state index in [0.29, 0.717) is 16.8 Å². The van der Waals surface area contributed by atoms with Crippen LogP contribution in [0.1, 0.15) is 11.1 Å². The lowest BCUT2D eigenvalue weighted by Crippen LogP contribution is -2.60. The van der Waals surface area contributed by atoms with Gasteiger partial charge >= 0.3 is 0 Å². The molecule has 0 N–H and O–H groups in total. The molecule has 0 bridgehead atoms. The van der Waals surface area contributed by atoms with Crippen LogP contribution in [0.5, 0.6) is 0 Å². The second-order valence-electron chi connectivity index (χ2n) is 15.4. The van der Waals surface area contributed by atoms with E-state index in [1.807, 2.05) is 0 Å². The number of aromatic nitrogens is 3. The van der Waals surface area contributed by atoms with Gasteiger partial charge in [0.15, 0.2) is 0 Å². The average molecular weight is 738 g/mol. The van der Waals surface area contributed by atoms with E-state index in [0.717, 1.165) is 82.3 Å². The Bertz CT molecular complexity index is 3810. The first-order chi connectivity index (χ1) is 28.2. The summed E-state index contributed by atoms with van der Waals surface area (Å²) >= 11 is 1.80. The van der Waals surface area contributed by atoms with E-state index < -0.39 is 0 Å². The molecule has 0 atom stereocenters. The normalized spacial score (nSPS) is 12.8. The van der Waals surface area contributed by atoms with E-state index in [9.17, 15) is 10.5 Å². The fourth-order valence-corrected chi connectivity index (χ4v) is 12.0. The lowest BCUT2D eigenvalue weighted by Gasteiger charge is -2.35. The summed E-state index contributed by atoms with van der Waals surface area (Å²) in [4.78, 5) is 0. The summed E-state index contributed by atoms with van der Waals surface area (Å²) in [5, 5.41) is 32.7. The van der Waals surface area contributed by atoms with Crippen LogP contribution >= 0.6 is 11.3 Å². The van der Waals surface area contributed by atoms with Crippen molar-refractivity contribution in [3.8, 4) is 29.2 Å². The third kappa shape index (κ3) is 3.35. The molecule has 4 aromatic heterocycles. The smallest absolute Gasteiger partial charge is 0.252 e. The molecule has 2 aliphatic heterocycles. The summed E-state index contributed by atoms with van der Waals surface area (Å²) in [6, 6.07) is 57.5. The molecule has 5 nitrogen and oxygen atoms in total. The van der Waals surface area contributed by atoms with E-state index in [2.05, 4.69) is 171 Å². The predicted octanol–water partition coefficient (Wildman–Crippen LogP) is 10.2. The minimum absolute atomic E-state index is 0.195. The van der Waals surface area contributed by atoms with Gasteiger partial charge in [-0.1, -0.05) is 109 Å². The topological polar surface area (TPSA) is 62.4 Å². The van der Waals surface area contributed by atoms with Crippen molar-refractivity contribution < 1.29 is 0 Å². The SMILES string of the molecule is N#Cc1c(-n2c3ccccc3c3cc4sc5ccccc5c4cc32)c(C#N)c2c3c1-n1c4ccccc4c4cccc(c41)B3c1cccc3c4ccccc4n-2c13. The Hall–Kier alpha value is -7.58. The van der Waals surface area contributed by atoms with Crippen LogP contribution in [0, 0.1) is 22.7 Å². The molecule has 12 aromatic rings. The molecule has 258 valence electrons. The van der Waals surface area contributed by atoms with Crippen molar-refractivity contribution in [3.05, 3.63) is 157 Å². The van der Waals surface area contributed by atoms with Gasteiger partial charge < -0.3 is 13.7 Å². The third-order valence-corrected chi connectivity index (χ3v) is 14.0. The first-order valence-corrected chi connectivity index (χ1v) is 20.0. The van der Waals surface area contributed by atoms with Gasteiger partial charge in [-0.25, -0.2) is 0 Å². The molecule has 7 heteroatoms. The van der Waals surface area contributed by atoms with E-state index in [1.165, 1.54) is 31.1 Å². The Labute approximate surface area is 328 Å². The van der Waals surface area contributed by atoms with Gasteiger partial charge in [-0.2, -0.15) is 10.5 Å². The first-order valence-electron chi connectivity index (χ1n) is 19.2. The van der Waals surface area contributed by atoms with E-state index >= 15 is 0 Å². The lowest BCUT2D eigenvalue weighted by atomic mass is 9.34. The number of nitrogens with zero attached hydrogens (tertiary/aromatic N) is 5. The fourth-order valence-electron chi connectivity index (χ4n) is 10.8. The molecule has 0 saturated heterocycles. The Morgan fingerprint density at radius 2 is 0.895 bits per heavy atom. The Kier molecular flexibility index (Phi) is 5.31. The van der Waals surface area contributed by atoms with Crippen molar-refractivity contribution in [2.24, 2.45) is 0 Å². The van der Waals surface area contributed by atoms with Crippen molar-refractivity contribution in [1.29, 1.82) is 10.5 Å². The number of rotatable bonds is 1. The Morgan fingerprint density at radius 3 is 1.47 bits per heavy atom. The summed E-state index contributed by atoms with van der Waals surface area (Å²) in [6.07, 6.45) is 0. The largest absolute Gasteiger partial charge is 0.309 e. The fraction of sp³-hybridized carbons (Fsp3) is 0. The second-order valence-corrected chi connectivity index (χ2v) is 16.5. The summed E-state index contributed by atoms with van der Waals surface area (Å²) in [6.45, 7) is -0.195. The van der Waals surface area contributed by atoms with E-state index in [4.69, 9.17) is 0 Å². The van der Waals surface area contributed by atoms with Crippen molar-refractivity contribution in [1.82, 2.24) is 13.7 Å². The van der Waals surface area contributed by atoms with Gasteiger partial charge in [0, 0.05) is 63.5 Å². The third-order valence-electron chi connectivity index (χ3n) is 12.9. The van der Waals surface area contributed by atoms with Gasteiger partial charge in [-0.05, 0) is 52.8 Å². The summed E-state index contributed by atoms with van der Waals surface area (Å²) < 4.78 is 9.36. The van der Waals surface area contributed by atoms with E-state index in [-0.39, 0.29) is 6.71 Å². The zero-order chi connectivity index (χ0) is 37.3. The molecule has 14 rings (SSSR count). The van der Waals surface area contributed by atoms with E-state index in [1.54, 1.807) is 11.3 Å². The van der Waals surface area contributed by atoms with Gasteiger partial charge in [0.2, 0.25) is 0 Å². The van der Waals surface area contributed by atoms with Crippen LogP contribution in [0.4, 0.5) is 0 Å². The maximum Gasteiger partial charge on any atom is 0.252 e. The van der Waals surface area contributed by atoms with Crippen molar-refractivity contribution in [2.75, 3.05) is 0 Å². The van der Waals surface area contributed by atoms with Crippen LogP contribution < -0.4 is 16.4 Å². The summed E-state index contributed by atoms with van der Waals surface area (Å²) in [7, 11) is 0. The number of hydrogen-bond donors (Lipinski definition) is 0. The summed E-state index contributed by atoms with van der Waals surface area (Å²) in [5.74, 6) is 0. The highest BCUT2D eigenvalue weighted by Crippen LogP contribution is 2.46.